The molecule has 5 heteroatoms. The number of benzene rings is 1. The lowest BCUT2D eigenvalue weighted by molar-refractivity contribution is 0.176. The Morgan fingerprint density at radius 3 is 2.24 bits per heavy atom. The first-order valence-corrected chi connectivity index (χ1v) is 14.4. The number of piperazine rings is 1. The van der Waals surface area contributed by atoms with Crippen LogP contribution in [-0.4, -0.2) is 59.2 Å². The maximum absolute atomic E-state index is 6.50. The molecule has 1 atom stereocenters. The summed E-state index contributed by atoms with van der Waals surface area (Å²) >= 11 is 0. The third-order valence-electron chi connectivity index (χ3n) is 5.82. The SMILES string of the molecule is C=C[SiH](CO[Si](C)(C)C(C)(C)C)N1CCN(Cc2ccccc2)CC1. The highest BCUT2D eigenvalue weighted by atomic mass is 28.4. The second-order valence-corrected chi connectivity index (χ2v) is 16.2. The van der Waals surface area contributed by atoms with Crippen molar-refractivity contribution in [1.29, 1.82) is 0 Å². The Labute approximate surface area is 157 Å². The summed E-state index contributed by atoms with van der Waals surface area (Å²) in [6, 6.07) is 10.8. The van der Waals surface area contributed by atoms with Crippen LogP contribution in [0.2, 0.25) is 18.1 Å². The summed E-state index contributed by atoms with van der Waals surface area (Å²) in [6.45, 7) is 21.4. The van der Waals surface area contributed by atoms with Gasteiger partial charge in [-0.1, -0.05) is 56.8 Å². The molecule has 0 aliphatic carbocycles. The molecule has 0 saturated carbocycles. The summed E-state index contributed by atoms with van der Waals surface area (Å²) in [6.07, 6.45) is 0.915. The molecule has 1 aliphatic heterocycles. The molecule has 1 fully saturated rings. The van der Waals surface area contributed by atoms with Crippen molar-refractivity contribution >= 4 is 17.3 Å². The minimum Gasteiger partial charge on any atom is -0.418 e. The summed E-state index contributed by atoms with van der Waals surface area (Å²) in [4.78, 5) is 2.56. The summed E-state index contributed by atoms with van der Waals surface area (Å²) in [5, 5.41) is 0.279. The summed E-state index contributed by atoms with van der Waals surface area (Å²) in [7, 11) is -2.86. The minimum atomic E-state index is -1.66. The Bertz CT molecular complexity index is 534. The first kappa shape index (κ1) is 20.6. The first-order chi connectivity index (χ1) is 11.7. The predicted octanol–water partition coefficient (Wildman–Crippen LogP) is 3.81. The number of hydrogen-bond acceptors (Lipinski definition) is 3. The van der Waals surface area contributed by atoms with Gasteiger partial charge in [0, 0.05) is 39.0 Å². The molecule has 0 amide bonds. The third kappa shape index (κ3) is 5.89. The zero-order valence-corrected chi connectivity index (χ0v) is 18.9. The molecule has 25 heavy (non-hydrogen) atoms. The van der Waals surface area contributed by atoms with Gasteiger partial charge in [-0.25, -0.2) is 0 Å². The standard InChI is InChI=1S/C20H36N2OSi2/c1-7-24(18-23-25(5,6)20(2,3)4)22-15-13-21(14-16-22)17-19-11-9-8-10-12-19/h7-12,24H,1,13-18H2,2-6H3. The number of hydrogen-bond donors (Lipinski definition) is 0. The molecule has 0 N–H and O–H groups in total. The van der Waals surface area contributed by atoms with Crippen molar-refractivity contribution in [2.24, 2.45) is 0 Å². The Kier molecular flexibility index (Phi) is 7.23. The average Bonchev–Trinajstić information content (AvgIpc) is 2.56. The molecule has 1 heterocycles. The van der Waals surface area contributed by atoms with E-state index in [4.69, 9.17) is 4.43 Å². The molecule has 0 aromatic heterocycles. The van der Waals surface area contributed by atoms with Gasteiger partial charge in [-0.15, -0.1) is 6.58 Å². The molecule has 1 aromatic rings. The smallest absolute Gasteiger partial charge is 0.191 e. The van der Waals surface area contributed by atoms with E-state index in [-0.39, 0.29) is 5.04 Å². The van der Waals surface area contributed by atoms with Crippen molar-refractivity contribution in [3.8, 4) is 0 Å². The zero-order valence-electron chi connectivity index (χ0n) is 16.8. The largest absolute Gasteiger partial charge is 0.418 e. The Balaban J connectivity index is 1.82. The normalized spacial score (nSPS) is 18.9. The monoisotopic (exact) mass is 376 g/mol. The van der Waals surface area contributed by atoms with Crippen LogP contribution in [0.4, 0.5) is 0 Å². The van der Waals surface area contributed by atoms with Gasteiger partial charge < -0.3 is 8.99 Å². The first-order valence-electron chi connectivity index (χ1n) is 9.50. The van der Waals surface area contributed by atoms with Gasteiger partial charge in [0.05, 0.1) is 0 Å². The molecule has 0 radical (unpaired) electrons. The van der Waals surface area contributed by atoms with Crippen molar-refractivity contribution in [2.45, 2.75) is 45.4 Å². The van der Waals surface area contributed by atoms with Crippen molar-refractivity contribution in [3.63, 3.8) is 0 Å². The number of rotatable bonds is 7. The van der Waals surface area contributed by atoms with E-state index in [9.17, 15) is 0 Å². The fraction of sp³-hybridized carbons (Fsp3) is 0.600. The second-order valence-electron chi connectivity index (χ2n) is 8.67. The lowest BCUT2D eigenvalue weighted by Gasteiger charge is -2.41. The average molecular weight is 377 g/mol. The Morgan fingerprint density at radius 1 is 1.12 bits per heavy atom. The molecule has 2 rings (SSSR count). The van der Waals surface area contributed by atoms with Crippen molar-refractivity contribution < 1.29 is 4.43 Å². The fourth-order valence-electron chi connectivity index (χ4n) is 2.93. The highest BCUT2D eigenvalue weighted by molar-refractivity contribution is 6.75. The van der Waals surface area contributed by atoms with Crippen molar-refractivity contribution in [3.05, 3.63) is 48.2 Å². The number of nitrogens with zero attached hydrogens (tertiary/aromatic N) is 2. The van der Waals surface area contributed by atoms with Crippen LogP contribution in [0.3, 0.4) is 0 Å². The fourth-order valence-corrected chi connectivity index (χ4v) is 7.25. The molecule has 140 valence electrons. The Hall–Kier alpha value is -0.726. The molecule has 1 unspecified atom stereocenters. The van der Waals surface area contributed by atoms with E-state index in [0.717, 1.165) is 39.0 Å². The van der Waals surface area contributed by atoms with E-state index >= 15 is 0 Å². The molecule has 0 bridgehead atoms. The maximum atomic E-state index is 6.50. The van der Waals surface area contributed by atoms with Crippen LogP contribution in [-0.2, 0) is 11.0 Å². The predicted molar refractivity (Wildman–Crippen MR) is 114 cm³/mol. The summed E-state index contributed by atoms with van der Waals surface area (Å²) < 4.78 is 9.17. The highest BCUT2D eigenvalue weighted by Crippen LogP contribution is 2.36. The lowest BCUT2D eigenvalue weighted by atomic mass is 10.2. The molecule has 1 aliphatic rings. The van der Waals surface area contributed by atoms with E-state index in [1.807, 2.05) is 0 Å². The van der Waals surface area contributed by atoms with Gasteiger partial charge in [0.25, 0.3) is 0 Å². The van der Waals surface area contributed by atoms with Gasteiger partial charge in [-0.2, -0.15) is 0 Å². The van der Waals surface area contributed by atoms with Gasteiger partial charge in [0.2, 0.25) is 0 Å². The van der Waals surface area contributed by atoms with Crippen molar-refractivity contribution in [1.82, 2.24) is 9.47 Å². The molecule has 1 aromatic carbocycles. The van der Waals surface area contributed by atoms with E-state index in [0.29, 0.717) is 0 Å². The van der Waals surface area contributed by atoms with Gasteiger partial charge >= 0.3 is 0 Å². The van der Waals surface area contributed by atoms with Crippen LogP contribution >= 0.6 is 0 Å². The molecular weight excluding hydrogens is 340 g/mol. The minimum absolute atomic E-state index is 0.279. The van der Waals surface area contributed by atoms with Gasteiger partial charge in [0.15, 0.2) is 17.3 Å². The zero-order chi connectivity index (χ0) is 18.5. The van der Waals surface area contributed by atoms with Gasteiger partial charge in [-0.05, 0) is 23.7 Å². The third-order valence-corrected chi connectivity index (χ3v) is 13.2. The lowest BCUT2D eigenvalue weighted by Crippen LogP contribution is -2.54. The highest BCUT2D eigenvalue weighted by Gasteiger charge is 2.38. The van der Waals surface area contributed by atoms with E-state index in [1.165, 1.54) is 5.56 Å². The molecule has 3 nitrogen and oxygen atoms in total. The molecule has 0 spiro atoms. The van der Waals surface area contributed by atoms with Crippen LogP contribution in [0.15, 0.2) is 42.6 Å². The van der Waals surface area contributed by atoms with Crippen molar-refractivity contribution in [2.75, 3.05) is 32.4 Å². The summed E-state index contributed by atoms with van der Waals surface area (Å²) in [5.74, 6) is 0. The van der Waals surface area contributed by atoms with Crippen LogP contribution in [0.5, 0.6) is 0 Å². The molecular formula is C20H36N2OSi2. The van der Waals surface area contributed by atoms with Gasteiger partial charge in [0.1, 0.15) is 0 Å². The van der Waals surface area contributed by atoms with Crippen LogP contribution in [0.1, 0.15) is 26.3 Å². The van der Waals surface area contributed by atoms with Crippen LogP contribution in [0.25, 0.3) is 0 Å². The van der Waals surface area contributed by atoms with E-state index < -0.39 is 17.3 Å². The quantitative estimate of drug-likeness (QED) is 0.673. The van der Waals surface area contributed by atoms with E-state index in [2.05, 4.69) is 85.9 Å². The van der Waals surface area contributed by atoms with Crippen LogP contribution < -0.4 is 0 Å². The van der Waals surface area contributed by atoms with Crippen LogP contribution in [0, 0.1) is 0 Å². The molecule has 1 saturated heterocycles. The Morgan fingerprint density at radius 2 is 1.72 bits per heavy atom. The van der Waals surface area contributed by atoms with E-state index in [1.54, 1.807) is 0 Å². The maximum Gasteiger partial charge on any atom is 0.191 e. The topological polar surface area (TPSA) is 15.7 Å². The second kappa shape index (κ2) is 8.78. The summed E-state index contributed by atoms with van der Waals surface area (Å²) in [5.41, 5.74) is 3.62. The van der Waals surface area contributed by atoms with Gasteiger partial charge in [-0.3, -0.25) is 4.90 Å².